The van der Waals surface area contributed by atoms with Crippen molar-refractivity contribution in [3.05, 3.63) is 65.2 Å². The maximum Gasteiger partial charge on any atom is 0.294 e. The van der Waals surface area contributed by atoms with Crippen molar-refractivity contribution in [1.82, 2.24) is 9.80 Å². The molecule has 1 aliphatic rings. The first-order valence-corrected chi connectivity index (χ1v) is 12.4. The van der Waals surface area contributed by atoms with Gasteiger partial charge >= 0.3 is 0 Å². The van der Waals surface area contributed by atoms with E-state index in [2.05, 4.69) is 19.0 Å². The second-order valence-electron chi connectivity index (χ2n) is 8.72. The third-order valence-corrected chi connectivity index (χ3v) is 6.90. The van der Waals surface area contributed by atoms with E-state index in [9.17, 15) is 18.0 Å². The average Bonchev–Trinajstić information content (AvgIpc) is 2.78. The number of carbonyl (C=O) groups is 2. The molecule has 2 aromatic carbocycles. The van der Waals surface area contributed by atoms with E-state index in [-0.39, 0.29) is 22.6 Å². The van der Waals surface area contributed by atoms with Crippen LogP contribution >= 0.6 is 0 Å². The van der Waals surface area contributed by atoms with Gasteiger partial charge in [0, 0.05) is 30.3 Å². The summed E-state index contributed by atoms with van der Waals surface area (Å²) in [5, 5.41) is 0. The predicted octanol–water partition coefficient (Wildman–Crippen LogP) is 4.08. The van der Waals surface area contributed by atoms with Crippen LogP contribution in [-0.2, 0) is 10.1 Å². The Balaban J connectivity index is 0.000000294. The minimum atomic E-state index is -4.02. The first-order valence-electron chi connectivity index (χ1n) is 11.0. The average molecular weight is 475 g/mol. The molecule has 33 heavy (non-hydrogen) atoms. The van der Waals surface area contributed by atoms with E-state index in [4.69, 9.17) is 4.55 Å². The minimum absolute atomic E-state index is 0.0207. The number of amides is 1. The third kappa shape index (κ3) is 7.48. The molecule has 2 atom stereocenters. The van der Waals surface area contributed by atoms with Crippen LogP contribution in [0.15, 0.2) is 53.4 Å². The molecule has 0 aliphatic heterocycles. The lowest BCUT2D eigenvalue weighted by atomic mass is 9.88. The van der Waals surface area contributed by atoms with E-state index in [1.54, 1.807) is 36.4 Å². The highest BCUT2D eigenvalue weighted by molar-refractivity contribution is 7.85. The van der Waals surface area contributed by atoms with Gasteiger partial charge < -0.3 is 9.80 Å². The Labute approximate surface area is 197 Å². The van der Waals surface area contributed by atoms with Gasteiger partial charge in [-0.25, -0.2) is 0 Å². The quantitative estimate of drug-likeness (QED) is 0.518. The van der Waals surface area contributed by atoms with Gasteiger partial charge in [-0.05, 0) is 65.0 Å². The standard InChI is InChI=1S/C18H26N2O2.C7H8O3S/c1-13(21)14-9-11-15(12-10-14)18(22)20(4)17-8-6-5-7-16(17)19(2)3;1-6-2-4-7(5-3-6)11(8,9)10/h9-12,16-17H,5-8H2,1-4H3;2-5H,1H3,(H,8,9,10). The molecule has 1 saturated carbocycles. The summed E-state index contributed by atoms with van der Waals surface area (Å²) in [6, 6.07) is 13.6. The smallest absolute Gasteiger partial charge is 0.294 e. The molecule has 8 heteroatoms. The van der Waals surface area contributed by atoms with Crippen molar-refractivity contribution in [1.29, 1.82) is 0 Å². The Kier molecular flexibility index (Phi) is 9.34. The van der Waals surface area contributed by atoms with E-state index in [0.29, 0.717) is 17.2 Å². The van der Waals surface area contributed by atoms with Crippen molar-refractivity contribution in [3.63, 3.8) is 0 Å². The van der Waals surface area contributed by atoms with Crippen molar-refractivity contribution in [2.24, 2.45) is 0 Å². The Morgan fingerprint density at radius 3 is 1.79 bits per heavy atom. The molecule has 1 aliphatic carbocycles. The first-order chi connectivity index (χ1) is 15.4. The first kappa shape index (κ1) is 26.7. The zero-order valence-electron chi connectivity index (χ0n) is 20.0. The zero-order valence-corrected chi connectivity index (χ0v) is 20.8. The number of Topliss-reactive ketones (excluding diaryl/α,β-unsaturated/α-hetero) is 1. The van der Waals surface area contributed by atoms with Crippen LogP contribution in [0.1, 0.15) is 58.9 Å². The van der Waals surface area contributed by atoms with Gasteiger partial charge in [0.2, 0.25) is 0 Å². The summed E-state index contributed by atoms with van der Waals surface area (Å²) >= 11 is 0. The van der Waals surface area contributed by atoms with Gasteiger partial charge in [-0.15, -0.1) is 0 Å². The highest BCUT2D eigenvalue weighted by Gasteiger charge is 2.32. The van der Waals surface area contributed by atoms with Crippen LogP contribution in [0.25, 0.3) is 0 Å². The predicted molar refractivity (Wildman–Crippen MR) is 129 cm³/mol. The van der Waals surface area contributed by atoms with Crippen LogP contribution < -0.4 is 0 Å². The maximum atomic E-state index is 12.7. The van der Waals surface area contributed by atoms with Crippen molar-refractivity contribution < 1.29 is 22.6 Å². The molecule has 7 nitrogen and oxygen atoms in total. The lowest BCUT2D eigenvalue weighted by Crippen LogP contribution is -2.51. The van der Waals surface area contributed by atoms with Crippen molar-refractivity contribution in [2.45, 2.75) is 56.5 Å². The molecule has 1 N–H and O–H groups in total. The number of rotatable bonds is 5. The maximum absolute atomic E-state index is 12.7. The van der Waals surface area contributed by atoms with Gasteiger partial charge in [0.1, 0.15) is 0 Å². The fourth-order valence-corrected chi connectivity index (χ4v) is 4.54. The lowest BCUT2D eigenvalue weighted by Gasteiger charge is -2.41. The van der Waals surface area contributed by atoms with Gasteiger partial charge in [0.25, 0.3) is 16.0 Å². The van der Waals surface area contributed by atoms with Gasteiger partial charge in [-0.1, -0.05) is 42.7 Å². The summed E-state index contributed by atoms with van der Waals surface area (Å²) in [6.45, 7) is 3.38. The zero-order chi connectivity index (χ0) is 24.8. The van der Waals surface area contributed by atoms with Crippen molar-refractivity contribution >= 4 is 21.8 Å². The molecule has 2 unspecified atom stereocenters. The number of ketones is 1. The Morgan fingerprint density at radius 2 is 1.33 bits per heavy atom. The van der Waals surface area contributed by atoms with Gasteiger partial charge in [0.15, 0.2) is 5.78 Å². The third-order valence-electron chi connectivity index (χ3n) is 6.03. The Bertz CT molecular complexity index is 1050. The fourth-order valence-electron chi connectivity index (χ4n) is 4.06. The summed E-state index contributed by atoms with van der Waals surface area (Å²) in [6.07, 6.45) is 4.60. The Hall–Kier alpha value is -2.55. The fraction of sp³-hybridized carbons (Fsp3) is 0.440. The lowest BCUT2D eigenvalue weighted by molar-refractivity contribution is 0.0544. The molecule has 3 rings (SSSR count). The SMILES string of the molecule is CC(=O)c1ccc(C(=O)N(C)C2CCCCC2N(C)C)cc1.Cc1ccc(S(=O)(=O)O)cc1. The number of hydrogen-bond donors (Lipinski definition) is 1. The molecule has 0 heterocycles. The van der Waals surface area contributed by atoms with Crippen LogP contribution in [0.2, 0.25) is 0 Å². The summed E-state index contributed by atoms with van der Waals surface area (Å²) in [5.74, 6) is 0.0566. The molecule has 0 radical (unpaired) electrons. The van der Waals surface area contributed by atoms with Crippen LogP contribution in [0.4, 0.5) is 0 Å². The molecular weight excluding hydrogens is 440 g/mol. The van der Waals surface area contributed by atoms with Gasteiger partial charge in [-0.2, -0.15) is 8.42 Å². The molecule has 180 valence electrons. The van der Waals surface area contributed by atoms with E-state index < -0.39 is 10.1 Å². The molecule has 0 saturated heterocycles. The summed E-state index contributed by atoms with van der Waals surface area (Å²) in [7, 11) is 2.05. The monoisotopic (exact) mass is 474 g/mol. The van der Waals surface area contributed by atoms with Gasteiger partial charge in [0.05, 0.1) is 4.90 Å². The Morgan fingerprint density at radius 1 is 0.848 bits per heavy atom. The van der Waals surface area contributed by atoms with E-state index in [1.165, 1.54) is 31.9 Å². The number of aryl methyl sites for hydroxylation is 1. The van der Waals surface area contributed by atoms with Crippen LogP contribution in [0, 0.1) is 6.92 Å². The number of carbonyl (C=O) groups excluding carboxylic acids is 2. The number of hydrogen-bond acceptors (Lipinski definition) is 5. The molecular formula is C25H34N2O5S. The van der Waals surface area contributed by atoms with Gasteiger partial charge in [-0.3, -0.25) is 14.1 Å². The molecule has 1 amide bonds. The highest BCUT2D eigenvalue weighted by atomic mass is 32.2. The summed E-state index contributed by atoms with van der Waals surface area (Å²) in [5.41, 5.74) is 2.25. The molecule has 0 spiro atoms. The highest BCUT2D eigenvalue weighted by Crippen LogP contribution is 2.26. The molecule has 2 aromatic rings. The second-order valence-corrected chi connectivity index (χ2v) is 10.1. The van der Waals surface area contributed by atoms with E-state index >= 15 is 0 Å². The molecule has 0 aromatic heterocycles. The second kappa shape index (κ2) is 11.5. The van der Waals surface area contributed by atoms with Crippen LogP contribution in [-0.4, -0.2) is 67.7 Å². The van der Waals surface area contributed by atoms with Crippen molar-refractivity contribution in [3.8, 4) is 0 Å². The number of benzene rings is 2. The largest absolute Gasteiger partial charge is 0.337 e. The van der Waals surface area contributed by atoms with E-state index in [0.717, 1.165) is 18.4 Å². The molecule has 1 fully saturated rings. The summed E-state index contributed by atoms with van der Waals surface area (Å²) < 4.78 is 29.6. The summed E-state index contributed by atoms with van der Waals surface area (Å²) in [4.78, 5) is 28.1. The molecule has 0 bridgehead atoms. The number of nitrogens with zero attached hydrogens (tertiary/aromatic N) is 2. The van der Waals surface area contributed by atoms with E-state index in [1.807, 2.05) is 18.9 Å². The van der Waals surface area contributed by atoms with Crippen molar-refractivity contribution in [2.75, 3.05) is 21.1 Å². The van der Waals surface area contributed by atoms with Crippen LogP contribution in [0.3, 0.4) is 0 Å². The number of likely N-dealkylation sites (N-methyl/N-ethyl adjacent to an activating group) is 2. The minimum Gasteiger partial charge on any atom is -0.337 e. The normalized spacial score (nSPS) is 18.3. The van der Waals surface area contributed by atoms with Crippen LogP contribution in [0.5, 0.6) is 0 Å². The topological polar surface area (TPSA) is 95.0 Å².